The van der Waals surface area contributed by atoms with Crippen LogP contribution in [0, 0.1) is 11.8 Å². The maximum Gasteiger partial charge on any atom is 0.000977 e. The highest BCUT2D eigenvalue weighted by Gasteiger charge is 2.19. The molecule has 0 saturated carbocycles. The molecule has 2 heteroatoms. The minimum atomic E-state index is 0.931. The summed E-state index contributed by atoms with van der Waals surface area (Å²) < 4.78 is 0. The lowest BCUT2D eigenvalue weighted by atomic mass is 9.91. The molecule has 266 valence electrons. The minimum Gasteiger partial charge on any atom is -0.320 e. The van der Waals surface area contributed by atoms with Crippen LogP contribution in [0.3, 0.4) is 0 Å². The third kappa shape index (κ3) is 31.9. The van der Waals surface area contributed by atoms with Gasteiger partial charge in [0, 0.05) is 13.1 Å². The van der Waals surface area contributed by atoms with Gasteiger partial charge >= 0.3 is 0 Å². The molecule has 0 spiro atoms. The SMILES string of the molecule is CCCCCCCCC(CCCCCC)CN(CCCCCCCCCNC)CC(CCCCCC)CCCCCCCC. The summed E-state index contributed by atoms with van der Waals surface area (Å²) in [6.45, 7) is 14.8. The molecule has 0 aromatic carbocycles. The Hall–Kier alpha value is -0.0800. The Morgan fingerprint density at radius 3 is 1.02 bits per heavy atom. The Morgan fingerprint density at radius 1 is 0.364 bits per heavy atom. The largest absolute Gasteiger partial charge is 0.320 e. The first-order chi connectivity index (χ1) is 21.7. The molecular formula is C42H88N2. The van der Waals surface area contributed by atoms with E-state index in [1.807, 2.05) is 0 Å². The first-order valence-corrected chi connectivity index (χ1v) is 21.1. The summed E-state index contributed by atoms with van der Waals surface area (Å²) >= 11 is 0. The van der Waals surface area contributed by atoms with Crippen molar-refractivity contribution in [1.82, 2.24) is 10.2 Å². The van der Waals surface area contributed by atoms with Gasteiger partial charge in [0.15, 0.2) is 0 Å². The van der Waals surface area contributed by atoms with Crippen LogP contribution in [0.15, 0.2) is 0 Å². The van der Waals surface area contributed by atoms with Crippen LogP contribution in [0.2, 0.25) is 0 Å². The van der Waals surface area contributed by atoms with E-state index in [0.29, 0.717) is 0 Å². The fraction of sp³-hybridized carbons (Fsp3) is 1.00. The lowest BCUT2D eigenvalue weighted by Gasteiger charge is -2.31. The molecule has 0 saturated heterocycles. The second-order valence-electron chi connectivity index (χ2n) is 14.9. The Labute approximate surface area is 281 Å². The molecule has 0 amide bonds. The van der Waals surface area contributed by atoms with Crippen molar-refractivity contribution in [2.75, 3.05) is 33.2 Å². The topological polar surface area (TPSA) is 15.3 Å². The molecule has 2 nitrogen and oxygen atoms in total. The van der Waals surface area contributed by atoms with E-state index in [1.54, 1.807) is 0 Å². The molecule has 0 heterocycles. The maximum atomic E-state index is 3.30. The normalized spacial score (nSPS) is 13.2. The molecule has 0 aliphatic carbocycles. The van der Waals surface area contributed by atoms with Gasteiger partial charge in [-0.3, -0.25) is 0 Å². The van der Waals surface area contributed by atoms with Crippen LogP contribution in [-0.4, -0.2) is 38.1 Å². The highest BCUT2D eigenvalue weighted by Crippen LogP contribution is 2.25. The lowest BCUT2D eigenvalue weighted by molar-refractivity contribution is 0.170. The van der Waals surface area contributed by atoms with E-state index in [9.17, 15) is 0 Å². The van der Waals surface area contributed by atoms with Crippen LogP contribution in [0.1, 0.15) is 227 Å². The van der Waals surface area contributed by atoms with E-state index in [1.165, 1.54) is 225 Å². The lowest BCUT2D eigenvalue weighted by Crippen LogP contribution is -2.35. The first-order valence-electron chi connectivity index (χ1n) is 21.1. The summed E-state index contributed by atoms with van der Waals surface area (Å²) in [5.41, 5.74) is 0. The van der Waals surface area contributed by atoms with Gasteiger partial charge < -0.3 is 10.2 Å². The predicted molar refractivity (Wildman–Crippen MR) is 203 cm³/mol. The van der Waals surface area contributed by atoms with Crippen molar-refractivity contribution in [2.45, 2.75) is 227 Å². The molecule has 2 unspecified atom stereocenters. The number of rotatable bonds is 38. The van der Waals surface area contributed by atoms with Gasteiger partial charge in [0.05, 0.1) is 0 Å². The Bertz CT molecular complexity index is 472. The molecule has 0 bridgehead atoms. The standard InChI is InChI=1S/C42H88N2/c1-6-10-14-18-23-29-35-41(33-27-16-12-8-3)39-44(38-32-26-22-20-21-25-31-37-43-5)40-42(34-28-17-13-9-4)36-30-24-19-15-11-7-2/h41-43H,6-40H2,1-5H3. The second kappa shape index (κ2) is 37.4. The molecule has 0 aromatic rings. The van der Waals surface area contributed by atoms with Gasteiger partial charge in [0.25, 0.3) is 0 Å². The van der Waals surface area contributed by atoms with E-state index >= 15 is 0 Å². The highest BCUT2D eigenvalue weighted by atomic mass is 15.1. The molecule has 0 rings (SSSR count). The average molecular weight is 621 g/mol. The molecule has 1 N–H and O–H groups in total. The van der Waals surface area contributed by atoms with Crippen molar-refractivity contribution in [2.24, 2.45) is 11.8 Å². The van der Waals surface area contributed by atoms with Crippen molar-refractivity contribution >= 4 is 0 Å². The number of nitrogens with zero attached hydrogens (tertiary/aromatic N) is 1. The van der Waals surface area contributed by atoms with Crippen LogP contribution in [0.4, 0.5) is 0 Å². The van der Waals surface area contributed by atoms with Crippen molar-refractivity contribution in [3.63, 3.8) is 0 Å². The van der Waals surface area contributed by atoms with Crippen molar-refractivity contribution in [3.8, 4) is 0 Å². The van der Waals surface area contributed by atoms with Crippen LogP contribution in [0.5, 0.6) is 0 Å². The molecule has 2 atom stereocenters. The smallest absolute Gasteiger partial charge is 0.000977 e. The van der Waals surface area contributed by atoms with Gasteiger partial charge in [-0.05, 0) is 70.5 Å². The van der Waals surface area contributed by atoms with Gasteiger partial charge in [0.2, 0.25) is 0 Å². The van der Waals surface area contributed by atoms with Gasteiger partial charge in [0.1, 0.15) is 0 Å². The van der Waals surface area contributed by atoms with Crippen LogP contribution >= 0.6 is 0 Å². The van der Waals surface area contributed by atoms with E-state index in [-0.39, 0.29) is 0 Å². The summed E-state index contributed by atoms with van der Waals surface area (Å²) in [5, 5.41) is 3.30. The van der Waals surface area contributed by atoms with Crippen LogP contribution < -0.4 is 5.32 Å². The summed E-state index contributed by atoms with van der Waals surface area (Å²) in [7, 11) is 2.08. The van der Waals surface area contributed by atoms with Gasteiger partial charge in [-0.1, -0.05) is 188 Å². The van der Waals surface area contributed by atoms with E-state index in [0.717, 1.165) is 11.8 Å². The van der Waals surface area contributed by atoms with Crippen LogP contribution in [0.25, 0.3) is 0 Å². The molecular weight excluding hydrogens is 532 g/mol. The van der Waals surface area contributed by atoms with Crippen molar-refractivity contribution in [1.29, 1.82) is 0 Å². The summed E-state index contributed by atoms with van der Waals surface area (Å²) in [6, 6.07) is 0. The van der Waals surface area contributed by atoms with Crippen molar-refractivity contribution in [3.05, 3.63) is 0 Å². The fourth-order valence-electron chi connectivity index (χ4n) is 7.31. The Morgan fingerprint density at radius 2 is 0.659 bits per heavy atom. The summed E-state index contributed by atoms with van der Waals surface area (Å²) in [6.07, 6.45) is 44.6. The molecule has 0 radical (unpaired) electrons. The number of hydrogen-bond acceptors (Lipinski definition) is 2. The quantitative estimate of drug-likeness (QED) is 0.0691. The zero-order chi connectivity index (χ0) is 32.2. The van der Waals surface area contributed by atoms with Gasteiger partial charge in [-0.2, -0.15) is 0 Å². The third-order valence-electron chi connectivity index (χ3n) is 10.3. The van der Waals surface area contributed by atoms with Gasteiger partial charge in [-0.15, -0.1) is 0 Å². The first kappa shape index (κ1) is 43.9. The number of hydrogen-bond donors (Lipinski definition) is 1. The average Bonchev–Trinajstić information content (AvgIpc) is 3.03. The van der Waals surface area contributed by atoms with E-state index in [4.69, 9.17) is 0 Å². The fourth-order valence-corrected chi connectivity index (χ4v) is 7.31. The molecule has 0 aromatic heterocycles. The number of nitrogens with one attached hydrogen (secondary N) is 1. The predicted octanol–water partition coefficient (Wildman–Crippen LogP) is 13.9. The monoisotopic (exact) mass is 621 g/mol. The Kier molecular flexibility index (Phi) is 37.3. The van der Waals surface area contributed by atoms with E-state index < -0.39 is 0 Å². The Balaban J connectivity index is 5.18. The summed E-state index contributed by atoms with van der Waals surface area (Å²) in [5.74, 6) is 1.86. The van der Waals surface area contributed by atoms with Crippen molar-refractivity contribution < 1.29 is 0 Å². The molecule has 44 heavy (non-hydrogen) atoms. The zero-order valence-electron chi connectivity index (χ0n) is 31.9. The van der Waals surface area contributed by atoms with E-state index in [2.05, 4.69) is 45.0 Å². The minimum absolute atomic E-state index is 0.931. The third-order valence-corrected chi connectivity index (χ3v) is 10.3. The molecule has 0 aliphatic rings. The molecule has 0 fully saturated rings. The zero-order valence-corrected chi connectivity index (χ0v) is 31.9. The molecule has 0 aliphatic heterocycles. The number of unbranched alkanes of at least 4 members (excludes halogenated alkanes) is 22. The van der Waals surface area contributed by atoms with Crippen LogP contribution in [-0.2, 0) is 0 Å². The maximum absolute atomic E-state index is 3.30. The van der Waals surface area contributed by atoms with Gasteiger partial charge in [-0.25, -0.2) is 0 Å². The highest BCUT2D eigenvalue weighted by molar-refractivity contribution is 4.73. The second-order valence-corrected chi connectivity index (χ2v) is 14.9. The summed E-state index contributed by atoms with van der Waals surface area (Å²) in [4.78, 5) is 3.02.